The zero-order chi connectivity index (χ0) is 12.1. The van der Waals surface area contributed by atoms with E-state index in [9.17, 15) is 4.79 Å². The van der Waals surface area contributed by atoms with Crippen molar-refractivity contribution >= 4 is 5.91 Å². The maximum absolute atomic E-state index is 12.0. The zero-order valence-electron chi connectivity index (χ0n) is 10.9. The third-order valence-corrected chi connectivity index (χ3v) is 3.02. The molecule has 3 atom stereocenters. The number of likely N-dealkylation sites (N-methyl/N-ethyl adjacent to an activating group) is 1. The molecule has 4 heteroatoms. The molecule has 0 aliphatic carbocycles. The van der Waals surface area contributed by atoms with Gasteiger partial charge in [-0.1, -0.05) is 0 Å². The van der Waals surface area contributed by atoms with Gasteiger partial charge in [-0.3, -0.25) is 4.79 Å². The summed E-state index contributed by atoms with van der Waals surface area (Å²) in [5.41, 5.74) is 0. The van der Waals surface area contributed by atoms with E-state index >= 15 is 0 Å². The van der Waals surface area contributed by atoms with E-state index in [0.29, 0.717) is 6.04 Å². The Bertz CT molecular complexity index is 230. The molecule has 0 spiro atoms. The first kappa shape index (κ1) is 13.5. The third kappa shape index (κ3) is 4.49. The first-order valence-corrected chi connectivity index (χ1v) is 6.17. The average molecular weight is 227 g/mol. The van der Waals surface area contributed by atoms with E-state index in [1.807, 2.05) is 14.1 Å². The van der Waals surface area contributed by atoms with Crippen molar-refractivity contribution in [1.29, 1.82) is 0 Å². The lowest BCUT2D eigenvalue weighted by molar-refractivity contribution is -0.126. The molecule has 4 nitrogen and oxygen atoms in total. The van der Waals surface area contributed by atoms with Crippen molar-refractivity contribution in [1.82, 2.24) is 15.5 Å². The lowest BCUT2D eigenvalue weighted by atomic mass is 9.92. The van der Waals surface area contributed by atoms with Gasteiger partial charge in [0.2, 0.25) is 5.91 Å². The number of nitrogens with one attached hydrogen (secondary N) is 2. The second kappa shape index (κ2) is 6.21. The fourth-order valence-corrected chi connectivity index (χ4v) is 2.32. The fourth-order valence-electron chi connectivity index (χ4n) is 2.32. The highest BCUT2D eigenvalue weighted by Gasteiger charge is 2.25. The van der Waals surface area contributed by atoms with Crippen LogP contribution in [0.2, 0.25) is 0 Å². The van der Waals surface area contributed by atoms with Crippen LogP contribution in [0.1, 0.15) is 26.7 Å². The first-order valence-electron chi connectivity index (χ1n) is 6.17. The third-order valence-electron chi connectivity index (χ3n) is 3.02. The second-order valence-corrected chi connectivity index (χ2v) is 5.25. The lowest BCUT2D eigenvalue weighted by Crippen LogP contribution is -2.46. The second-order valence-electron chi connectivity index (χ2n) is 5.25. The van der Waals surface area contributed by atoms with Gasteiger partial charge in [-0.25, -0.2) is 0 Å². The van der Waals surface area contributed by atoms with Gasteiger partial charge in [-0.15, -0.1) is 0 Å². The van der Waals surface area contributed by atoms with Crippen molar-refractivity contribution in [3.63, 3.8) is 0 Å². The molecule has 1 aliphatic heterocycles. The number of carbonyl (C=O) groups is 1. The van der Waals surface area contributed by atoms with Crippen LogP contribution in [-0.4, -0.2) is 50.1 Å². The van der Waals surface area contributed by atoms with Gasteiger partial charge in [-0.2, -0.15) is 0 Å². The minimum absolute atomic E-state index is 0.195. The number of nitrogens with zero attached hydrogens (tertiary/aromatic N) is 1. The van der Waals surface area contributed by atoms with Crippen molar-refractivity contribution < 1.29 is 4.79 Å². The molecule has 94 valence electrons. The van der Waals surface area contributed by atoms with Crippen LogP contribution >= 0.6 is 0 Å². The number of carbonyl (C=O) groups excluding carboxylic acids is 1. The zero-order valence-corrected chi connectivity index (χ0v) is 10.9. The summed E-state index contributed by atoms with van der Waals surface area (Å²) in [6.45, 7) is 6.05. The quantitative estimate of drug-likeness (QED) is 0.732. The van der Waals surface area contributed by atoms with E-state index in [-0.39, 0.29) is 17.9 Å². The molecule has 0 aromatic carbocycles. The van der Waals surface area contributed by atoms with Gasteiger partial charge in [0, 0.05) is 24.5 Å². The first-order chi connectivity index (χ1) is 7.49. The molecule has 1 fully saturated rings. The van der Waals surface area contributed by atoms with Crippen molar-refractivity contribution in [2.75, 3.05) is 27.2 Å². The highest BCUT2D eigenvalue weighted by atomic mass is 16.1. The minimum atomic E-state index is 0.195. The van der Waals surface area contributed by atoms with Crippen molar-refractivity contribution in [2.45, 2.75) is 38.8 Å². The molecule has 0 radical (unpaired) electrons. The molecule has 0 aromatic heterocycles. The summed E-state index contributed by atoms with van der Waals surface area (Å²) in [5, 5.41) is 6.46. The molecular weight excluding hydrogens is 202 g/mol. The lowest BCUT2D eigenvalue weighted by Gasteiger charge is -2.28. The van der Waals surface area contributed by atoms with Crippen molar-refractivity contribution in [3.8, 4) is 0 Å². The maximum atomic E-state index is 12.0. The SMILES string of the molecule is CC1CC(C(=O)NC(C)CN(C)C)CCN1. The van der Waals surface area contributed by atoms with E-state index < -0.39 is 0 Å². The molecule has 1 saturated heterocycles. The smallest absolute Gasteiger partial charge is 0.223 e. The number of piperidine rings is 1. The highest BCUT2D eigenvalue weighted by molar-refractivity contribution is 5.79. The Kier molecular flexibility index (Phi) is 5.22. The Morgan fingerprint density at radius 3 is 2.81 bits per heavy atom. The molecule has 16 heavy (non-hydrogen) atoms. The average Bonchev–Trinajstić information content (AvgIpc) is 2.16. The Hall–Kier alpha value is -0.610. The van der Waals surface area contributed by atoms with Crippen LogP contribution in [0.4, 0.5) is 0 Å². The Balaban J connectivity index is 2.33. The Morgan fingerprint density at radius 1 is 1.56 bits per heavy atom. The summed E-state index contributed by atoms with van der Waals surface area (Å²) in [6.07, 6.45) is 1.92. The highest BCUT2D eigenvalue weighted by Crippen LogP contribution is 2.16. The Labute approximate surface area is 98.8 Å². The topological polar surface area (TPSA) is 44.4 Å². The van der Waals surface area contributed by atoms with Gasteiger partial charge in [0.1, 0.15) is 0 Å². The summed E-state index contributed by atoms with van der Waals surface area (Å²) in [4.78, 5) is 14.1. The molecule has 3 unspecified atom stereocenters. The normalized spacial score (nSPS) is 27.8. The van der Waals surface area contributed by atoms with E-state index in [1.54, 1.807) is 0 Å². The molecular formula is C12H25N3O. The van der Waals surface area contributed by atoms with Crippen LogP contribution < -0.4 is 10.6 Å². The van der Waals surface area contributed by atoms with Crippen molar-refractivity contribution in [3.05, 3.63) is 0 Å². The van der Waals surface area contributed by atoms with Crippen LogP contribution in [0.15, 0.2) is 0 Å². The molecule has 0 aromatic rings. The van der Waals surface area contributed by atoms with E-state index in [2.05, 4.69) is 29.4 Å². The van der Waals surface area contributed by atoms with Gasteiger partial charge in [0.25, 0.3) is 0 Å². The summed E-state index contributed by atoms with van der Waals surface area (Å²) in [7, 11) is 4.05. The van der Waals surface area contributed by atoms with Crippen molar-refractivity contribution in [2.24, 2.45) is 5.92 Å². The molecule has 1 amide bonds. The fraction of sp³-hybridized carbons (Fsp3) is 0.917. The van der Waals surface area contributed by atoms with Gasteiger partial charge in [-0.05, 0) is 47.3 Å². The number of hydrogen-bond donors (Lipinski definition) is 2. The predicted octanol–water partition coefficient (Wildman–Crippen LogP) is 0.441. The van der Waals surface area contributed by atoms with Crippen LogP contribution in [0.5, 0.6) is 0 Å². The van der Waals surface area contributed by atoms with Gasteiger partial charge in [0.15, 0.2) is 0 Å². The standard InChI is InChI=1S/C12H25N3O/c1-9-7-11(5-6-13-9)12(16)14-10(2)8-15(3)4/h9-11,13H,5-8H2,1-4H3,(H,14,16). The predicted molar refractivity (Wildman–Crippen MR) is 66.3 cm³/mol. The largest absolute Gasteiger partial charge is 0.352 e. The van der Waals surface area contributed by atoms with E-state index in [1.165, 1.54) is 0 Å². The van der Waals surface area contributed by atoms with E-state index in [4.69, 9.17) is 0 Å². The molecule has 1 rings (SSSR count). The van der Waals surface area contributed by atoms with Crippen LogP contribution in [0.25, 0.3) is 0 Å². The summed E-state index contributed by atoms with van der Waals surface area (Å²) < 4.78 is 0. The Morgan fingerprint density at radius 2 is 2.25 bits per heavy atom. The molecule has 2 N–H and O–H groups in total. The number of rotatable bonds is 4. The van der Waals surface area contributed by atoms with E-state index in [0.717, 1.165) is 25.9 Å². The summed E-state index contributed by atoms with van der Waals surface area (Å²) in [6, 6.07) is 0.696. The van der Waals surface area contributed by atoms with Gasteiger partial charge < -0.3 is 15.5 Å². The monoisotopic (exact) mass is 227 g/mol. The number of amides is 1. The molecule has 1 heterocycles. The molecule has 0 saturated carbocycles. The summed E-state index contributed by atoms with van der Waals surface area (Å²) in [5.74, 6) is 0.420. The van der Waals surface area contributed by atoms with Crippen LogP contribution in [0, 0.1) is 5.92 Å². The molecule has 1 aliphatic rings. The number of hydrogen-bond acceptors (Lipinski definition) is 3. The van der Waals surface area contributed by atoms with Gasteiger partial charge >= 0.3 is 0 Å². The molecule has 0 bridgehead atoms. The maximum Gasteiger partial charge on any atom is 0.223 e. The van der Waals surface area contributed by atoms with Gasteiger partial charge in [0.05, 0.1) is 0 Å². The van der Waals surface area contributed by atoms with Crippen LogP contribution in [-0.2, 0) is 4.79 Å². The minimum Gasteiger partial charge on any atom is -0.352 e. The van der Waals surface area contributed by atoms with Crippen LogP contribution in [0.3, 0.4) is 0 Å². The summed E-state index contributed by atoms with van der Waals surface area (Å²) >= 11 is 0.